The Bertz CT molecular complexity index is 1130. The number of amides is 1. The number of benzene rings is 3. The molecule has 1 atom stereocenters. The van der Waals surface area contributed by atoms with Gasteiger partial charge < -0.3 is 10.1 Å². The fourth-order valence-electron chi connectivity index (χ4n) is 3.05. The van der Waals surface area contributed by atoms with Gasteiger partial charge in [-0.3, -0.25) is 4.79 Å². The summed E-state index contributed by atoms with van der Waals surface area (Å²) in [4.78, 5) is 13.3. The predicted molar refractivity (Wildman–Crippen MR) is 120 cm³/mol. The first-order valence-corrected chi connectivity index (χ1v) is 10.6. The highest BCUT2D eigenvalue weighted by Crippen LogP contribution is 2.35. The van der Waals surface area contributed by atoms with E-state index >= 15 is 0 Å². The quantitative estimate of drug-likeness (QED) is 0.421. The number of rotatable bonds is 8. The molecule has 156 valence electrons. The molecule has 0 saturated heterocycles. The smallest absolute Gasteiger partial charge is 0.242 e. The third-order valence-electron chi connectivity index (χ3n) is 4.58. The Morgan fingerprint density at radius 3 is 2.52 bits per heavy atom. The fraction of sp³-hybridized carbons (Fsp3) is 0.130. The molecule has 0 fully saturated rings. The minimum absolute atomic E-state index is 0.168. The van der Waals surface area contributed by atoms with Crippen LogP contribution < -0.4 is 10.1 Å². The average molecular weight is 432 g/mol. The molecule has 0 aliphatic heterocycles. The van der Waals surface area contributed by atoms with Crippen LogP contribution in [0.2, 0.25) is 0 Å². The molecule has 0 spiro atoms. The first kappa shape index (κ1) is 20.6. The van der Waals surface area contributed by atoms with E-state index in [2.05, 4.69) is 20.8 Å². The van der Waals surface area contributed by atoms with E-state index in [1.165, 1.54) is 11.8 Å². The number of tetrazole rings is 1. The molecule has 0 bridgehead atoms. The van der Waals surface area contributed by atoms with Gasteiger partial charge in [0, 0.05) is 11.8 Å². The topological polar surface area (TPSA) is 81.9 Å². The second-order valence-electron chi connectivity index (χ2n) is 6.73. The monoisotopic (exact) mass is 431 g/mol. The van der Waals surface area contributed by atoms with Gasteiger partial charge in [0.2, 0.25) is 11.1 Å². The summed E-state index contributed by atoms with van der Waals surface area (Å²) in [6.07, 6.45) is 0. The van der Waals surface area contributed by atoms with E-state index in [0.29, 0.717) is 23.1 Å². The van der Waals surface area contributed by atoms with E-state index in [9.17, 15) is 4.79 Å². The van der Waals surface area contributed by atoms with Gasteiger partial charge in [-0.25, -0.2) is 4.68 Å². The summed E-state index contributed by atoms with van der Waals surface area (Å²) in [6, 6.07) is 26.8. The molecule has 31 heavy (non-hydrogen) atoms. The normalized spacial score (nSPS) is 11.6. The van der Waals surface area contributed by atoms with Gasteiger partial charge in [-0.2, -0.15) is 0 Å². The summed E-state index contributed by atoms with van der Waals surface area (Å²) < 4.78 is 6.96. The second-order valence-corrected chi connectivity index (χ2v) is 7.81. The first-order valence-electron chi connectivity index (χ1n) is 9.69. The van der Waals surface area contributed by atoms with Crippen LogP contribution in [-0.4, -0.2) is 33.2 Å². The van der Waals surface area contributed by atoms with E-state index < -0.39 is 5.25 Å². The predicted octanol–water partition coefficient (Wildman–Crippen LogP) is 4.20. The molecular weight excluding hydrogens is 410 g/mol. The summed E-state index contributed by atoms with van der Waals surface area (Å²) in [5.41, 5.74) is 2.60. The standard InChI is InChI=1S/C23H21N5O2S/c1-30-20-14-8-13-19(15-20)24-22(29)21(18-11-6-3-7-12-18)31-23-25-26-27-28(23)16-17-9-4-2-5-10-17/h2-15,21H,16H2,1H3,(H,24,29)/t21-/m0/s1. The molecule has 4 rings (SSSR count). The van der Waals surface area contributed by atoms with Crippen molar-refractivity contribution in [3.63, 3.8) is 0 Å². The number of ether oxygens (including phenoxy) is 1. The van der Waals surface area contributed by atoms with Crippen molar-refractivity contribution in [2.75, 3.05) is 12.4 Å². The maximum Gasteiger partial charge on any atom is 0.242 e. The lowest BCUT2D eigenvalue weighted by Crippen LogP contribution is -2.19. The minimum atomic E-state index is -0.534. The zero-order valence-electron chi connectivity index (χ0n) is 16.9. The van der Waals surface area contributed by atoms with Gasteiger partial charge in [-0.15, -0.1) is 5.10 Å². The number of hydrogen-bond acceptors (Lipinski definition) is 6. The zero-order valence-corrected chi connectivity index (χ0v) is 17.7. The molecule has 0 radical (unpaired) electrons. The van der Waals surface area contributed by atoms with Gasteiger partial charge in [0.05, 0.1) is 13.7 Å². The Labute approximate surface area is 184 Å². The first-order chi connectivity index (χ1) is 15.2. The van der Waals surface area contributed by atoms with E-state index in [4.69, 9.17) is 4.74 Å². The summed E-state index contributed by atoms with van der Waals surface area (Å²) in [5, 5.41) is 15.1. The number of anilines is 1. The third kappa shape index (κ3) is 5.29. The summed E-state index contributed by atoms with van der Waals surface area (Å²) in [5.74, 6) is 0.507. The van der Waals surface area contributed by atoms with Crippen molar-refractivity contribution in [3.05, 3.63) is 96.1 Å². The molecular formula is C23H21N5O2S. The molecule has 7 nitrogen and oxygen atoms in total. The number of nitrogens with zero attached hydrogens (tertiary/aromatic N) is 4. The van der Waals surface area contributed by atoms with Crippen LogP contribution in [0.4, 0.5) is 5.69 Å². The number of aromatic nitrogens is 4. The molecule has 0 unspecified atom stereocenters. The van der Waals surface area contributed by atoms with Crippen LogP contribution in [0.5, 0.6) is 5.75 Å². The summed E-state index contributed by atoms with van der Waals surface area (Å²) >= 11 is 1.32. The van der Waals surface area contributed by atoms with E-state index in [1.807, 2.05) is 78.9 Å². The number of thioether (sulfide) groups is 1. The zero-order chi connectivity index (χ0) is 21.5. The van der Waals surface area contributed by atoms with Crippen LogP contribution >= 0.6 is 11.8 Å². The molecule has 0 aliphatic carbocycles. The van der Waals surface area contributed by atoms with Crippen LogP contribution in [0.15, 0.2) is 90.1 Å². The highest BCUT2D eigenvalue weighted by atomic mass is 32.2. The van der Waals surface area contributed by atoms with Gasteiger partial charge >= 0.3 is 0 Å². The molecule has 8 heteroatoms. The number of nitrogens with one attached hydrogen (secondary N) is 1. The van der Waals surface area contributed by atoms with Crippen molar-refractivity contribution >= 4 is 23.4 Å². The molecule has 1 heterocycles. The van der Waals surface area contributed by atoms with Gasteiger partial charge in [0.15, 0.2) is 0 Å². The lowest BCUT2D eigenvalue weighted by atomic mass is 10.1. The van der Waals surface area contributed by atoms with Gasteiger partial charge in [-0.05, 0) is 33.7 Å². The number of carbonyl (C=O) groups is 1. The van der Waals surface area contributed by atoms with Crippen molar-refractivity contribution in [2.24, 2.45) is 0 Å². The highest BCUT2D eigenvalue weighted by Gasteiger charge is 2.25. The second kappa shape index (κ2) is 9.90. The Hall–Kier alpha value is -3.65. The molecule has 1 N–H and O–H groups in total. The van der Waals surface area contributed by atoms with Crippen molar-refractivity contribution in [1.82, 2.24) is 20.2 Å². The van der Waals surface area contributed by atoms with Gasteiger partial charge in [-0.1, -0.05) is 78.5 Å². The van der Waals surface area contributed by atoms with Crippen LogP contribution in [0.3, 0.4) is 0 Å². The van der Waals surface area contributed by atoms with Gasteiger partial charge in [0.25, 0.3) is 0 Å². The average Bonchev–Trinajstić information content (AvgIpc) is 3.25. The molecule has 0 saturated carbocycles. The number of carbonyl (C=O) groups excluding carboxylic acids is 1. The van der Waals surface area contributed by atoms with E-state index in [1.54, 1.807) is 17.9 Å². The van der Waals surface area contributed by atoms with Crippen molar-refractivity contribution < 1.29 is 9.53 Å². The lowest BCUT2D eigenvalue weighted by Gasteiger charge is -2.17. The highest BCUT2D eigenvalue weighted by molar-refractivity contribution is 8.00. The summed E-state index contributed by atoms with van der Waals surface area (Å²) in [6.45, 7) is 0.523. The van der Waals surface area contributed by atoms with Crippen molar-refractivity contribution in [2.45, 2.75) is 17.0 Å². The summed E-state index contributed by atoms with van der Waals surface area (Å²) in [7, 11) is 1.59. The minimum Gasteiger partial charge on any atom is -0.497 e. The molecule has 3 aromatic carbocycles. The Balaban J connectivity index is 1.58. The van der Waals surface area contributed by atoms with Crippen molar-refractivity contribution in [3.8, 4) is 5.75 Å². The largest absolute Gasteiger partial charge is 0.497 e. The maximum absolute atomic E-state index is 13.3. The molecule has 0 aliphatic rings. The van der Waals surface area contributed by atoms with Crippen LogP contribution in [0, 0.1) is 0 Å². The maximum atomic E-state index is 13.3. The fourth-order valence-corrected chi connectivity index (χ4v) is 4.03. The Morgan fingerprint density at radius 1 is 1.03 bits per heavy atom. The van der Waals surface area contributed by atoms with Crippen molar-refractivity contribution in [1.29, 1.82) is 0 Å². The van der Waals surface area contributed by atoms with Crippen LogP contribution in [-0.2, 0) is 11.3 Å². The number of methoxy groups -OCH3 is 1. The molecule has 1 aromatic heterocycles. The lowest BCUT2D eigenvalue weighted by molar-refractivity contribution is -0.115. The van der Waals surface area contributed by atoms with E-state index in [0.717, 1.165) is 11.1 Å². The molecule has 4 aromatic rings. The van der Waals surface area contributed by atoms with Gasteiger partial charge in [0.1, 0.15) is 11.0 Å². The van der Waals surface area contributed by atoms with Crippen LogP contribution in [0.25, 0.3) is 0 Å². The molecule has 1 amide bonds. The Morgan fingerprint density at radius 2 is 1.77 bits per heavy atom. The third-order valence-corrected chi connectivity index (χ3v) is 5.80. The van der Waals surface area contributed by atoms with E-state index in [-0.39, 0.29) is 5.91 Å². The number of hydrogen-bond donors (Lipinski definition) is 1. The SMILES string of the molecule is COc1cccc(NC(=O)[C@@H](Sc2nnnn2Cc2ccccc2)c2ccccc2)c1. The van der Waals surface area contributed by atoms with Crippen LogP contribution in [0.1, 0.15) is 16.4 Å². The Kier molecular flexibility index (Phi) is 6.59.